The molecule has 0 amide bonds. The molecule has 2 aromatic rings. The van der Waals surface area contributed by atoms with E-state index in [9.17, 15) is 26.3 Å². The van der Waals surface area contributed by atoms with Gasteiger partial charge in [-0.3, -0.25) is 4.57 Å². The van der Waals surface area contributed by atoms with Crippen LogP contribution in [0.4, 0.5) is 26.3 Å². The van der Waals surface area contributed by atoms with Crippen molar-refractivity contribution in [1.29, 1.82) is 0 Å². The summed E-state index contributed by atoms with van der Waals surface area (Å²) in [4.78, 5) is 2.50. The Balaban J connectivity index is 2.70. The minimum absolute atomic E-state index is 0.00236. The molecule has 1 heterocycles. The van der Waals surface area contributed by atoms with E-state index in [2.05, 4.69) is 4.98 Å². The van der Waals surface area contributed by atoms with Crippen LogP contribution >= 0.6 is 12.2 Å². The van der Waals surface area contributed by atoms with Crippen molar-refractivity contribution in [2.75, 3.05) is 0 Å². The predicted molar refractivity (Wildman–Crippen MR) is 61.0 cm³/mol. The molecule has 0 aliphatic carbocycles. The Labute approximate surface area is 113 Å². The molecule has 0 atom stereocenters. The number of rotatable bonds is 1. The minimum Gasteiger partial charge on any atom is -0.337 e. The summed E-state index contributed by atoms with van der Waals surface area (Å²) in [5.41, 5.74) is -3.07. The van der Waals surface area contributed by atoms with Crippen molar-refractivity contribution in [2.24, 2.45) is 0 Å². The third kappa shape index (κ3) is 2.87. The van der Waals surface area contributed by atoms with Gasteiger partial charge >= 0.3 is 12.4 Å². The predicted octanol–water partition coefficient (Wildman–Crippen LogP) is 4.57. The third-order valence-electron chi connectivity index (χ3n) is 2.50. The fourth-order valence-electron chi connectivity index (χ4n) is 1.60. The first-order chi connectivity index (χ1) is 9.09. The first-order valence-corrected chi connectivity index (χ1v) is 5.56. The van der Waals surface area contributed by atoms with Gasteiger partial charge in [-0.15, -0.1) is 0 Å². The van der Waals surface area contributed by atoms with Gasteiger partial charge in [0.25, 0.3) is 0 Å². The highest BCUT2D eigenvalue weighted by atomic mass is 32.1. The molecule has 0 saturated heterocycles. The van der Waals surface area contributed by atoms with Gasteiger partial charge in [0.2, 0.25) is 0 Å². The highest BCUT2D eigenvalue weighted by Gasteiger charge is 2.37. The average molecular weight is 312 g/mol. The van der Waals surface area contributed by atoms with E-state index in [4.69, 9.17) is 12.2 Å². The smallest absolute Gasteiger partial charge is 0.337 e. The van der Waals surface area contributed by atoms with E-state index in [1.165, 1.54) is 12.4 Å². The van der Waals surface area contributed by atoms with Crippen molar-refractivity contribution < 1.29 is 26.3 Å². The van der Waals surface area contributed by atoms with Crippen molar-refractivity contribution >= 4 is 12.2 Å². The summed E-state index contributed by atoms with van der Waals surface area (Å²) in [7, 11) is 0. The molecule has 0 radical (unpaired) electrons. The van der Waals surface area contributed by atoms with Crippen LogP contribution in [0.2, 0.25) is 0 Å². The fraction of sp³-hybridized carbons (Fsp3) is 0.182. The lowest BCUT2D eigenvalue weighted by Crippen LogP contribution is -2.12. The molecule has 9 heteroatoms. The number of nitrogens with one attached hydrogen (secondary N) is 1. The van der Waals surface area contributed by atoms with Crippen LogP contribution in [0.1, 0.15) is 11.1 Å². The number of aromatic amines is 1. The number of hydrogen-bond acceptors (Lipinski definition) is 1. The lowest BCUT2D eigenvalue weighted by molar-refractivity contribution is -0.143. The largest absolute Gasteiger partial charge is 0.416 e. The molecular weight excluding hydrogens is 306 g/mol. The first kappa shape index (κ1) is 14.6. The van der Waals surface area contributed by atoms with Crippen LogP contribution in [0.15, 0.2) is 30.6 Å². The summed E-state index contributed by atoms with van der Waals surface area (Å²) >= 11 is 4.79. The number of hydrogen-bond donors (Lipinski definition) is 1. The topological polar surface area (TPSA) is 20.7 Å². The molecule has 1 N–H and O–H groups in total. The van der Waals surface area contributed by atoms with Gasteiger partial charge in [-0.05, 0) is 30.4 Å². The highest BCUT2D eigenvalue weighted by Crippen LogP contribution is 2.37. The van der Waals surface area contributed by atoms with Gasteiger partial charge in [-0.1, -0.05) is 0 Å². The van der Waals surface area contributed by atoms with Crippen LogP contribution in [0.25, 0.3) is 5.69 Å². The maximum absolute atomic E-state index is 12.7. The SMILES string of the molecule is FC(F)(F)c1cc(-n2cc[nH]c2=S)cc(C(F)(F)F)c1. The molecule has 0 spiro atoms. The third-order valence-corrected chi connectivity index (χ3v) is 2.81. The Bertz CT molecular complexity index is 647. The van der Waals surface area contributed by atoms with E-state index < -0.39 is 23.5 Å². The van der Waals surface area contributed by atoms with Crippen LogP contribution in [-0.2, 0) is 12.4 Å². The van der Waals surface area contributed by atoms with Crippen LogP contribution in [0.5, 0.6) is 0 Å². The maximum atomic E-state index is 12.7. The number of nitrogens with zero attached hydrogens (tertiary/aromatic N) is 1. The summed E-state index contributed by atoms with van der Waals surface area (Å²) in [6.07, 6.45) is -7.20. The molecule has 2 rings (SSSR count). The first-order valence-electron chi connectivity index (χ1n) is 5.15. The summed E-state index contributed by atoms with van der Waals surface area (Å²) in [6, 6.07) is 1.29. The van der Waals surface area contributed by atoms with E-state index in [0.717, 1.165) is 4.57 Å². The molecular formula is C11H6F6N2S. The van der Waals surface area contributed by atoms with Gasteiger partial charge in [-0.25, -0.2) is 0 Å². The lowest BCUT2D eigenvalue weighted by atomic mass is 10.1. The van der Waals surface area contributed by atoms with Gasteiger partial charge in [0.15, 0.2) is 4.77 Å². The molecule has 0 aliphatic heterocycles. The monoisotopic (exact) mass is 312 g/mol. The van der Waals surface area contributed by atoms with Gasteiger partial charge in [0, 0.05) is 18.1 Å². The van der Waals surface area contributed by atoms with Crippen molar-refractivity contribution in [3.63, 3.8) is 0 Å². The molecule has 0 saturated carbocycles. The van der Waals surface area contributed by atoms with Crippen molar-refractivity contribution in [3.8, 4) is 5.69 Å². The number of benzene rings is 1. The standard InChI is InChI=1S/C11H6F6N2S/c12-10(13,14)6-3-7(11(15,16)17)5-8(4-6)19-2-1-18-9(19)20/h1-5H,(H,18,20). The summed E-state index contributed by atoms with van der Waals surface area (Å²) in [5.74, 6) is 0. The molecule has 0 unspecified atom stereocenters. The average Bonchev–Trinajstić information content (AvgIpc) is 2.72. The van der Waals surface area contributed by atoms with Gasteiger partial charge < -0.3 is 4.98 Å². The van der Waals surface area contributed by atoms with Crippen molar-refractivity contribution in [3.05, 3.63) is 46.5 Å². The fourth-order valence-corrected chi connectivity index (χ4v) is 1.84. The van der Waals surface area contributed by atoms with E-state index in [1.54, 1.807) is 0 Å². The summed E-state index contributed by atoms with van der Waals surface area (Å²) < 4.78 is 77.0. The minimum atomic E-state index is -4.88. The second kappa shape index (κ2) is 4.65. The molecule has 1 aromatic carbocycles. The molecule has 0 fully saturated rings. The normalized spacial score (nSPS) is 12.7. The molecule has 0 bridgehead atoms. The number of H-pyrrole nitrogens is 1. The van der Waals surface area contributed by atoms with Gasteiger partial charge in [0.05, 0.1) is 11.1 Å². The molecule has 20 heavy (non-hydrogen) atoms. The van der Waals surface area contributed by atoms with Gasteiger partial charge in [0.1, 0.15) is 0 Å². The second-order valence-electron chi connectivity index (χ2n) is 3.90. The zero-order chi connectivity index (χ0) is 15.1. The van der Waals surface area contributed by atoms with Crippen LogP contribution < -0.4 is 0 Å². The lowest BCUT2D eigenvalue weighted by Gasteiger charge is -2.14. The van der Waals surface area contributed by atoms with E-state index >= 15 is 0 Å². The Morgan fingerprint density at radius 2 is 1.40 bits per heavy atom. The highest BCUT2D eigenvalue weighted by molar-refractivity contribution is 7.71. The summed E-state index contributed by atoms with van der Waals surface area (Å²) in [6.45, 7) is 0. The zero-order valence-corrected chi connectivity index (χ0v) is 10.3. The molecule has 1 aromatic heterocycles. The van der Waals surface area contributed by atoms with E-state index in [0.29, 0.717) is 12.1 Å². The zero-order valence-electron chi connectivity index (χ0n) is 9.51. The Morgan fingerprint density at radius 1 is 0.900 bits per heavy atom. The van der Waals surface area contributed by atoms with Crippen molar-refractivity contribution in [1.82, 2.24) is 9.55 Å². The quantitative estimate of drug-likeness (QED) is 0.604. The van der Waals surface area contributed by atoms with E-state index in [1.807, 2.05) is 0 Å². The maximum Gasteiger partial charge on any atom is 0.416 e. The Morgan fingerprint density at radius 3 is 1.75 bits per heavy atom. The van der Waals surface area contributed by atoms with Gasteiger partial charge in [-0.2, -0.15) is 26.3 Å². The molecule has 0 aliphatic rings. The second-order valence-corrected chi connectivity index (χ2v) is 4.29. The van der Waals surface area contributed by atoms with Crippen LogP contribution in [0.3, 0.4) is 0 Å². The van der Waals surface area contributed by atoms with E-state index in [-0.39, 0.29) is 16.5 Å². The number of imidazole rings is 1. The summed E-state index contributed by atoms with van der Waals surface area (Å²) in [5, 5.41) is 0. The Kier molecular flexibility index (Phi) is 3.41. The number of halogens is 6. The van der Waals surface area contributed by atoms with Crippen LogP contribution in [0, 0.1) is 4.77 Å². The van der Waals surface area contributed by atoms with Crippen LogP contribution in [-0.4, -0.2) is 9.55 Å². The number of alkyl halides is 6. The number of aromatic nitrogens is 2. The molecule has 108 valence electrons. The Hall–Kier alpha value is -1.77. The van der Waals surface area contributed by atoms with Crippen molar-refractivity contribution in [2.45, 2.75) is 12.4 Å². The molecule has 2 nitrogen and oxygen atoms in total.